The molecule has 5 nitrogen and oxygen atoms in total. The van der Waals surface area contributed by atoms with Gasteiger partial charge < -0.3 is 10.5 Å². The maximum absolute atomic E-state index is 12.1. The van der Waals surface area contributed by atoms with E-state index in [-0.39, 0.29) is 13.0 Å². The maximum Gasteiger partial charge on any atom is 0.324 e. The number of hydrogen-bond acceptors (Lipinski definition) is 4. The van der Waals surface area contributed by atoms with Gasteiger partial charge in [0.2, 0.25) is 5.91 Å². The summed E-state index contributed by atoms with van der Waals surface area (Å²) < 4.78 is 5.29. The highest BCUT2D eigenvalue weighted by molar-refractivity contribution is 5.84. The summed E-state index contributed by atoms with van der Waals surface area (Å²) >= 11 is 0. The fourth-order valence-electron chi connectivity index (χ4n) is 2.04. The number of likely N-dealkylation sites (N-methyl/N-ethyl adjacent to an activating group) is 1. The molecular formula is C15H22N2O3. The molecule has 1 aromatic carbocycles. The van der Waals surface area contributed by atoms with Gasteiger partial charge in [0.25, 0.3) is 0 Å². The van der Waals surface area contributed by atoms with Crippen LogP contribution in [0.15, 0.2) is 30.3 Å². The second-order valence-corrected chi connectivity index (χ2v) is 4.50. The van der Waals surface area contributed by atoms with Gasteiger partial charge in [0.15, 0.2) is 0 Å². The average molecular weight is 278 g/mol. The number of carbonyl (C=O) groups excluding carboxylic acids is 2. The molecule has 2 N–H and O–H groups in total. The predicted molar refractivity (Wildman–Crippen MR) is 76.8 cm³/mol. The summed E-state index contributed by atoms with van der Waals surface area (Å²) in [6.07, 6.45) is -0.0185. The van der Waals surface area contributed by atoms with Gasteiger partial charge in [0.05, 0.1) is 6.42 Å². The molecule has 110 valence electrons. The van der Waals surface area contributed by atoms with Crippen molar-refractivity contribution in [1.82, 2.24) is 4.90 Å². The van der Waals surface area contributed by atoms with Gasteiger partial charge >= 0.3 is 5.97 Å². The van der Waals surface area contributed by atoms with Crippen LogP contribution in [0.3, 0.4) is 0 Å². The molecule has 0 saturated carbocycles. The molecule has 0 aromatic heterocycles. The molecule has 0 aliphatic heterocycles. The van der Waals surface area contributed by atoms with Gasteiger partial charge in [-0.05, 0) is 18.7 Å². The number of ether oxygens (including phenoxy) is 1. The number of benzene rings is 1. The zero-order valence-electron chi connectivity index (χ0n) is 12.0. The van der Waals surface area contributed by atoms with Crippen LogP contribution in [0.4, 0.5) is 0 Å². The zero-order valence-corrected chi connectivity index (χ0v) is 12.0. The Morgan fingerprint density at radius 3 is 2.30 bits per heavy atom. The summed E-state index contributed by atoms with van der Waals surface area (Å²) in [5.41, 5.74) is 6.13. The number of rotatable bonds is 8. The minimum atomic E-state index is -0.605. The topological polar surface area (TPSA) is 72.6 Å². The quantitative estimate of drug-likeness (QED) is 0.728. The molecule has 5 heteroatoms. The van der Waals surface area contributed by atoms with Crippen molar-refractivity contribution in [3.63, 3.8) is 0 Å². The normalized spacial score (nSPS) is 12.2. The predicted octanol–water partition coefficient (Wildman–Crippen LogP) is 1.32. The summed E-state index contributed by atoms with van der Waals surface area (Å²) in [5, 5.41) is 0. The third-order valence-electron chi connectivity index (χ3n) is 3.14. The third kappa shape index (κ3) is 5.01. The molecule has 0 fully saturated rings. The highest BCUT2D eigenvalue weighted by Gasteiger charge is 2.27. The lowest BCUT2D eigenvalue weighted by Crippen LogP contribution is -2.44. The summed E-state index contributed by atoms with van der Waals surface area (Å²) in [6, 6.07) is 8.83. The number of amides is 1. The van der Waals surface area contributed by atoms with Crippen LogP contribution >= 0.6 is 0 Å². The van der Waals surface area contributed by atoms with Crippen molar-refractivity contribution in [2.75, 3.05) is 13.1 Å². The first-order valence-corrected chi connectivity index (χ1v) is 6.81. The molecule has 0 radical (unpaired) electrons. The van der Waals surface area contributed by atoms with E-state index in [1.165, 1.54) is 0 Å². The molecule has 0 saturated heterocycles. The molecule has 0 bridgehead atoms. The molecule has 0 unspecified atom stereocenters. The van der Waals surface area contributed by atoms with Crippen LogP contribution in [0.2, 0.25) is 0 Å². The molecular weight excluding hydrogens is 256 g/mol. The Bertz CT molecular complexity index is 430. The van der Waals surface area contributed by atoms with E-state index in [1.807, 2.05) is 49.1 Å². The lowest BCUT2D eigenvalue weighted by molar-refractivity contribution is -0.153. The number of nitrogens with zero attached hydrogens (tertiary/aromatic N) is 1. The fraction of sp³-hybridized carbons (Fsp3) is 0.467. The average Bonchev–Trinajstić information content (AvgIpc) is 2.45. The van der Waals surface area contributed by atoms with Gasteiger partial charge in [-0.1, -0.05) is 44.2 Å². The van der Waals surface area contributed by atoms with Crippen LogP contribution in [-0.4, -0.2) is 35.9 Å². The number of carbonyl (C=O) groups is 2. The lowest BCUT2D eigenvalue weighted by Gasteiger charge is -2.26. The Balaban J connectivity index is 2.65. The van der Waals surface area contributed by atoms with E-state index >= 15 is 0 Å². The molecule has 1 rings (SSSR count). The number of esters is 1. The SMILES string of the molecule is CCN(CC)[C@@H](CC(N)=O)C(=O)OCc1ccccc1. The van der Waals surface area contributed by atoms with E-state index in [4.69, 9.17) is 10.5 Å². The van der Waals surface area contributed by atoms with Gasteiger partial charge in [0.1, 0.15) is 12.6 Å². The number of nitrogens with two attached hydrogens (primary N) is 1. The van der Waals surface area contributed by atoms with Crippen molar-refractivity contribution in [3.8, 4) is 0 Å². The van der Waals surface area contributed by atoms with Gasteiger partial charge in [0, 0.05) is 0 Å². The first-order chi connectivity index (χ1) is 9.58. The van der Waals surface area contributed by atoms with E-state index in [9.17, 15) is 9.59 Å². The van der Waals surface area contributed by atoms with E-state index in [1.54, 1.807) is 0 Å². The van der Waals surface area contributed by atoms with Crippen LogP contribution in [-0.2, 0) is 20.9 Å². The molecule has 0 heterocycles. The Hall–Kier alpha value is -1.88. The smallest absolute Gasteiger partial charge is 0.324 e. The van der Waals surface area contributed by atoms with E-state index in [2.05, 4.69) is 0 Å². The molecule has 20 heavy (non-hydrogen) atoms. The fourth-order valence-corrected chi connectivity index (χ4v) is 2.04. The Kier molecular flexibility index (Phi) is 6.73. The van der Waals surface area contributed by atoms with Gasteiger partial charge in [-0.2, -0.15) is 0 Å². The maximum atomic E-state index is 12.1. The van der Waals surface area contributed by atoms with Crippen LogP contribution in [0.25, 0.3) is 0 Å². The van der Waals surface area contributed by atoms with Crippen molar-refractivity contribution in [2.45, 2.75) is 32.9 Å². The Morgan fingerprint density at radius 2 is 1.80 bits per heavy atom. The number of hydrogen-bond donors (Lipinski definition) is 1. The van der Waals surface area contributed by atoms with E-state index in [0.717, 1.165) is 5.56 Å². The first kappa shape index (κ1) is 16.2. The van der Waals surface area contributed by atoms with Crippen LogP contribution in [0, 0.1) is 0 Å². The standard InChI is InChI=1S/C15H22N2O3/c1-3-17(4-2)13(10-14(16)18)15(19)20-11-12-8-6-5-7-9-12/h5-9,13H,3-4,10-11H2,1-2H3,(H2,16,18)/t13-/m0/s1. The van der Waals surface area contributed by atoms with Crippen molar-refractivity contribution in [2.24, 2.45) is 5.73 Å². The van der Waals surface area contributed by atoms with E-state index < -0.39 is 17.9 Å². The molecule has 1 aromatic rings. The molecule has 1 atom stereocenters. The minimum Gasteiger partial charge on any atom is -0.460 e. The zero-order chi connectivity index (χ0) is 15.0. The summed E-state index contributed by atoms with van der Waals surface area (Å²) in [6.45, 7) is 5.39. The summed E-state index contributed by atoms with van der Waals surface area (Å²) in [7, 11) is 0. The van der Waals surface area contributed by atoms with Crippen LogP contribution in [0.5, 0.6) is 0 Å². The highest BCUT2D eigenvalue weighted by atomic mass is 16.5. The van der Waals surface area contributed by atoms with Crippen molar-refractivity contribution >= 4 is 11.9 Å². The highest BCUT2D eigenvalue weighted by Crippen LogP contribution is 2.09. The molecule has 1 amide bonds. The Labute approximate surface area is 119 Å². The number of primary amides is 1. The van der Waals surface area contributed by atoms with Crippen LogP contribution < -0.4 is 5.73 Å². The van der Waals surface area contributed by atoms with Gasteiger partial charge in [-0.3, -0.25) is 14.5 Å². The molecule has 0 spiro atoms. The van der Waals surface area contributed by atoms with Crippen molar-refractivity contribution in [1.29, 1.82) is 0 Å². The second-order valence-electron chi connectivity index (χ2n) is 4.50. The largest absolute Gasteiger partial charge is 0.460 e. The Morgan fingerprint density at radius 1 is 1.20 bits per heavy atom. The third-order valence-corrected chi connectivity index (χ3v) is 3.14. The first-order valence-electron chi connectivity index (χ1n) is 6.81. The van der Waals surface area contributed by atoms with Gasteiger partial charge in [-0.15, -0.1) is 0 Å². The lowest BCUT2D eigenvalue weighted by atomic mass is 10.1. The summed E-state index contributed by atoms with van der Waals surface area (Å²) in [4.78, 5) is 25.1. The monoisotopic (exact) mass is 278 g/mol. The summed E-state index contributed by atoms with van der Waals surface area (Å²) in [5.74, 6) is -0.907. The van der Waals surface area contributed by atoms with Gasteiger partial charge in [-0.25, -0.2) is 0 Å². The molecule has 0 aliphatic carbocycles. The second kappa shape index (κ2) is 8.32. The van der Waals surface area contributed by atoms with Crippen molar-refractivity contribution in [3.05, 3.63) is 35.9 Å². The van der Waals surface area contributed by atoms with Crippen LogP contribution in [0.1, 0.15) is 25.8 Å². The van der Waals surface area contributed by atoms with Crippen molar-refractivity contribution < 1.29 is 14.3 Å². The minimum absolute atomic E-state index is 0.0185. The van der Waals surface area contributed by atoms with E-state index in [0.29, 0.717) is 13.1 Å². The molecule has 0 aliphatic rings.